The van der Waals surface area contributed by atoms with Crippen LogP contribution in [0.25, 0.3) is 0 Å². The Morgan fingerprint density at radius 1 is 1.05 bits per heavy atom. The van der Waals surface area contributed by atoms with Crippen LogP contribution in [0.15, 0.2) is 47.1 Å². The summed E-state index contributed by atoms with van der Waals surface area (Å²) in [6, 6.07) is 11.1. The van der Waals surface area contributed by atoms with E-state index in [4.69, 9.17) is 23.1 Å². The second-order valence-corrected chi connectivity index (χ2v) is 4.80. The number of halogens is 1. The van der Waals surface area contributed by atoms with E-state index in [9.17, 15) is 10.5 Å². The molecule has 0 unspecified atom stereocenters. The molecule has 5 nitrogen and oxygen atoms in total. The third-order valence-electron chi connectivity index (χ3n) is 3.30. The van der Waals surface area contributed by atoms with Crippen molar-refractivity contribution in [1.82, 2.24) is 4.90 Å². The van der Waals surface area contributed by atoms with E-state index in [1.807, 2.05) is 0 Å². The van der Waals surface area contributed by atoms with Crippen molar-refractivity contribution < 1.29 is 0 Å². The molecule has 0 aliphatic carbocycles. The third-order valence-corrected chi connectivity index (χ3v) is 3.55. The molecular formula is C14H12ClN5. The minimum absolute atomic E-state index is 0.254. The van der Waals surface area contributed by atoms with Gasteiger partial charge in [-0.1, -0.05) is 23.7 Å². The lowest BCUT2D eigenvalue weighted by Gasteiger charge is -2.31. The second-order valence-electron chi connectivity index (χ2n) is 4.37. The Bertz CT molecular complexity index is 650. The van der Waals surface area contributed by atoms with E-state index < -0.39 is 5.92 Å². The molecule has 0 radical (unpaired) electrons. The molecule has 1 aliphatic rings. The molecule has 6 heteroatoms. The number of nitrogens with zero attached hydrogens (tertiary/aromatic N) is 3. The Labute approximate surface area is 121 Å². The standard InChI is InChI=1S/C14H12ClN5/c1-20-13(18)10(6-16)12(11(7-17)14(20)19)8-2-4-9(15)5-3-8/h2-5,12H,18-19H2,1H3. The van der Waals surface area contributed by atoms with Crippen LogP contribution in [0.1, 0.15) is 11.5 Å². The maximum atomic E-state index is 9.35. The average molecular weight is 286 g/mol. The van der Waals surface area contributed by atoms with Gasteiger partial charge in [-0.15, -0.1) is 0 Å². The highest BCUT2D eigenvalue weighted by atomic mass is 35.5. The molecular weight excluding hydrogens is 274 g/mol. The fraction of sp³-hybridized carbons (Fsp3) is 0.143. The largest absolute Gasteiger partial charge is 0.384 e. The van der Waals surface area contributed by atoms with Gasteiger partial charge in [0.2, 0.25) is 0 Å². The zero-order chi connectivity index (χ0) is 14.9. The molecule has 100 valence electrons. The van der Waals surface area contributed by atoms with Crippen molar-refractivity contribution in [2.75, 3.05) is 7.05 Å². The van der Waals surface area contributed by atoms with Crippen molar-refractivity contribution in [3.8, 4) is 12.1 Å². The monoisotopic (exact) mass is 285 g/mol. The summed E-state index contributed by atoms with van der Waals surface area (Å²) in [7, 11) is 1.62. The SMILES string of the molecule is CN1C(N)=C(C#N)C(c2ccc(Cl)cc2)C(C#N)=C1N. The molecule has 0 saturated carbocycles. The van der Waals surface area contributed by atoms with Gasteiger partial charge in [0.05, 0.1) is 29.2 Å². The van der Waals surface area contributed by atoms with Crippen LogP contribution in [0.2, 0.25) is 5.02 Å². The molecule has 0 fully saturated rings. The van der Waals surface area contributed by atoms with E-state index in [-0.39, 0.29) is 11.6 Å². The molecule has 1 aliphatic heterocycles. The Hall–Kier alpha value is -2.63. The van der Waals surface area contributed by atoms with E-state index in [1.54, 1.807) is 31.3 Å². The Balaban J connectivity index is 2.66. The minimum Gasteiger partial charge on any atom is -0.384 e. The summed E-state index contributed by atoms with van der Waals surface area (Å²) in [5.41, 5.74) is 13.2. The summed E-state index contributed by atoms with van der Waals surface area (Å²) in [6.07, 6.45) is 0. The van der Waals surface area contributed by atoms with Gasteiger partial charge in [-0.05, 0) is 17.7 Å². The Morgan fingerprint density at radius 3 is 1.90 bits per heavy atom. The number of hydrogen-bond acceptors (Lipinski definition) is 5. The van der Waals surface area contributed by atoms with Crippen molar-refractivity contribution >= 4 is 11.6 Å². The van der Waals surface area contributed by atoms with Crippen molar-refractivity contribution in [3.05, 3.63) is 57.6 Å². The number of nitriles is 2. The van der Waals surface area contributed by atoms with Crippen LogP contribution >= 0.6 is 11.6 Å². The molecule has 0 aromatic heterocycles. The van der Waals surface area contributed by atoms with Gasteiger partial charge in [-0.3, -0.25) is 0 Å². The molecule has 2 rings (SSSR count). The number of hydrogen-bond donors (Lipinski definition) is 2. The summed E-state index contributed by atoms with van der Waals surface area (Å²) in [4.78, 5) is 1.45. The molecule has 0 spiro atoms. The van der Waals surface area contributed by atoms with Gasteiger partial charge >= 0.3 is 0 Å². The van der Waals surface area contributed by atoms with E-state index in [0.717, 1.165) is 5.56 Å². The van der Waals surface area contributed by atoms with Gasteiger partial charge in [0.15, 0.2) is 0 Å². The van der Waals surface area contributed by atoms with Gasteiger partial charge in [0.25, 0.3) is 0 Å². The van der Waals surface area contributed by atoms with Crippen LogP contribution in [-0.2, 0) is 0 Å². The topological polar surface area (TPSA) is 103 Å². The lowest BCUT2D eigenvalue weighted by Crippen LogP contribution is -2.35. The van der Waals surface area contributed by atoms with Crippen molar-refractivity contribution in [1.29, 1.82) is 10.5 Å². The zero-order valence-corrected chi connectivity index (χ0v) is 11.5. The second kappa shape index (κ2) is 5.16. The van der Waals surface area contributed by atoms with Crippen LogP contribution in [-0.4, -0.2) is 11.9 Å². The van der Waals surface area contributed by atoms with E-state index in [0.29, 0.717) is 16.2 Å². The summed E-state index contributed by atoms with van der Waals surface area (Å²) >= 11 is 5.86. The first-order valence-electron chi connectivity index (χ1n) is 5.80. The normalized spacial score (nSPS) is 16.1. The molecule has 4 N–H and O–H groups in total. The zero-order valence-electron chi connectivity index (χ0n) is 10.8. The first-order chi connectivity index (χ1) is 9.51. The van der Waals surface area contributed by atoms with Crippen LogP contribution in [0.5, 0.6) is 0 Å². The first kappa shape index (κ1) is 13.8. The van der Waals surface area contributed by atoms with Crippen molar-refractivity contribution in [3.63, 3.8) is 0 Å². The fourth-order valence-corrected chi connectivity index (χ4v) is 2.29. The molecule has 1 heterocycles. The van der Waals surface area contributed by atoms with E-state index >= 15 is 0 Å². The lowest BCUT2D eigenvalue weighted by atomic mass is 9.83. The van der Waals surface area contributed by atoms with E-state index in [1.165, 1.54) is 4.90 Å². The number of allylic oxidation sites excluding steroid dienone is 2. The van der Waals surface area contributed by atoms with Crippen molar-refractivity contribution in [2.45, 2.75) is 5.92 Å². The van der Waals surface area contributed by atoms with Gasteiger partial charge < -0.3 is 16.4 Å². The molecule has 1 aromatic rings. The van der Waals surface area contributed by atoms with Gasteiger partial charge in [0.1, 0.15) is 11.6 Å². The molecule has 0 bridgehead atoms. The number of benzene rings is 1. The highest BCUT2D eigenvalue weighted by molar-refractivity contribution is 6.30. The quantitative estimate of drug-likeness (QED) is 0.818. The fourth-order valence-electron chi connectivity index (χ4n) is 2.16. The van der Waals surface area contributed by atoms with Crippen LogP contribution in [0, 0.1) is 22.7 Å². The predicted octanol–water partition coefficient (Wildman–Crippen LogP) is 1.76. The van der Waals surface area contributed by atoms with Crippen LogP contribution in [0.4, 0.5) is 0 Å². The molecule has 0 amide bonds. The molecule has 0 atom stereocenters. The molecule has 0 saturated heterocycles. The third kappa shape index (κ3) is 2.05. The summed E-state index contributed by atoms with van der Waals surface area (Å²) in [5.74, 6) is -0.0497. The summed E-state index contributed by atoms with van der Waals surface area (Å²) < 4.78 is 0. The van der Waals surface area contributed by atoms with Gasteiger partial charge in [-0.25, -0.2) is 0 Å². The molecule has 20 heavy (non-hydrogen) atoms. The van der Waals surface area contributed by atoms with Gasteiger partial charge in [-0.2, -0.15) is 10.5 Å². The van der Waals surface area contributed by atoms with Crippen LogP contribution in [0.3, 0.4) is 0 Å². The first-order valence-corrected chi connectivity index (χ1v) is 6.17. The lowest BCUT2D eigenvalue weighted by molar-refractivity contribution is 0.475. The summed E-state index contributed by atoms with van der Waals surface area (Å²) in [6.45, 7) is 0. The van der Waals surface area contributed by atoms with E-state index in [2.05, 4.69) is 12.1 Å². The highest BCUT2D eigenvalue weighted by Crippen LogP contribution is 2.38. The summed E-state index contributed by atoms with van der Waals surface area (Å²) in [5, 5.41) is 19.3. The predicted molar refractivity (Wildman–Crippen MR) is 75.6 cm³/mol. The maximum absolute atomic E-state index is 9.35. The van der Waals surface area contributed by atoms with Crippen molar-refractivity contribution in [2.24, 2.45) is 11.5 Å². The Morgan fingerprint density at radius 2 is 1.50 bits per heavy atom. The number of nitrogens with two attached hydrogens (primary N) is 2. The van der Waals surface area contributed by atoms with Gasteiger partial charge in [0, 0.05) is 12.1 Å². The highest BCUT2D eigenvalue weighted by Gasteiger charge is 2.33. The maximum Gasteiger partial charge on any atom is 0.119 e. The Kier molecular flexibility index (Phi) is 3.56. The minimum atomic E-state index is -0.557. The smallest absolute Gasteiger partial charge is 0.119 e. The number of rotatable bonds is 1. The van der Waals surface area contributed by atoms with Crippen LogP contribution < -0.4 is 11.5 Å². The molecule has 1 aromatic carbocycles. The average Bonchev–Trinajstić information content (AvgIpc) is 2.45.